The fourth-order valence-electron chi connectivity index (χ4n) is 2.15. The van der Waals surface area contributed by atoms with Crippen molar-refractivity contribution < 1.29 is 9.90 Å². The molecular formula is C13H16BrNO2S. The largest absolute Gasteiger partial charge is 0.394 e. The molecule has 1 atom stereocenters. The second-order valence-electron chi connectivity index (χ2n) is 4.34. The van der Waals surface area contributed by atoms with Crippen LogP contribution in [0.4, 0.5) is 0 Å². The van der Waals surface area contributed by atoms with Crippen LogP contribution in [0.2, 0.25) is 0 Å². The average Bonchev–Trinajstić information content (AvgIpc) is 2.81. The maximum atomic E-state index is 12.1. The predicted octanol–water partition coefficient (Wildman–Crippen LogP) is 2.90. The number of nitrogens with zero attached hydrogens (tertiary/aromatic N) is 1. The molecule has 0 saturated carbocycles. The second-order valence-corrected chi connectivity index (χ2v) is 6.83. The van der Waals surface area contributed by atoms with Crippen LogP contribution >= 0.6 is 27.3 Å². The summed E-state index contributed by atoms with van der Waals surface area (Å²) in [6.07, 6.45) is 6.46. The van der Waals surface area contributed by atoms with Gasteiger partial charge in [0.25, 0.3) is 0 Å². The summed E-state index contributed by atoms with van der Waals surface area (Å²) < 4.78 is 1.06. The number of carbonyl (C=O) groups excluding carboxylic acids is 1. The Morgan fingerprint density at radius 1 is 1.56 bits per heavy atom. The van der Waals surface area contributed by atoms with Crippen LogP contribution in [-0.2, 0) is 4.79 Å². The molecule has 98 valence electrons. The Balaban J connectivity index is 2.00. The van der Waals surface area contributed by atoms with E-state index in [0.29, 0.717) is 0 Å². The van der Waals surface area contributed by atoms with E-state index in [1.807, 2.05) is 18.2 Å². The van der Waals surface area contributed by atoms with E-state index in [2.05, 4.69) is 15.9 Å². The van der Waals surface area contributed by atoms with Gasteiger partial charge in [-0.15, -0.1) is 11.3 Å². The smallest absolute Gasteiger partial charge is 0.246 e. The van der Waals surface area contributed by atoms with Crippen LogP contribution in [0, 0.1) is 0 Å². The summed E-state index contributed by atoms with van der Waals surface area (Å²) in [7, 11) is 0. The Morgan fingerprint density at radius 3 is 3.06 bits per heavy atom. The standard InChI is InChI=1S/C13H16BrNO2S/c14-12-6-4-11(18-12)5-7-13(17)15-8-2-1-3-10(15)9-16/h4-7,10,16H,1-3,8-9H2/b7-5+. The Hall–Kier alpha value is -0.650. The van der Waals surface area contributed by atoms with E-state index in [1.165, 1.54) is 0 Å². The van der Waals surface area contributed by atoms with Crippen molar-refractivity contribution in [1.82, 2.24) is 4.90 Å². The molecule has 1 N–H and O–H groups in total. The minimum absolute atomic E-state index is 0.00160. The molecule has 1 amide bonds. The van der Waals surface area contributed by atoms with E-state index in [1.54, 1.807) is 22.3 Å². The van der Waals surface area contributed by atoms with Crippen LogP contribution in [0.1, 0.15) is 24.1 Å². The molecule has 0 aromatic carbocycles. The summed E-state index contributed by atoms with van der Waals surface area (Å²) in [5.41, 5.74) is 0. The lowest BCUT2D eigenvalue weighted by atomic mass is 10.0. The molecule has 3 nitrogen and oxygen atoms in total. The Bertz CT molecular complexity index is 444. The molecule has 0 radical (unpaired) electrons. The minimum Gasteiger partial charge on any atom is -0.394 e. The first-order valence-electron chi connectivity index (χ1n) is 6.05. The predicted molar refractivity (Wildman–Crippen MR) is 77.5 cm³/mol. The maximum Gasteiger partial charge on any atom is 0.246 e. The molecule has 1 fully saturated rings. The number of hydrogen-bond donors (Lipinski definition) is 1. The first kappa shape index (κ1) is 13.8. The third kappa shape index (κ3) is 3.43. The molecule has 5 heteroatoms. The van der Waals surface area contributed by atoms with E-state index in [4.69, 9.17) is 0 Å². The highest BCUT2D eigenvalue weighted by Crippen LogP contribution is 2.23. The summed E-state index contributed by atoms with van der Waals surface area (Å²) in [6, 6.07) is 3.93. The third-order valence-corrected chi connectivity index (χ3v) is 4.69. The molecule has 0 spiro atoms. The number of halogens is 1. The van der Waals surface area contributed by atoms with Crippen molar-refractivity contribution in [2.75, 3.05) is 13.2 Å². The van der Waals surface area contributed by atoms with Gasteiger partial charge in [0.2, 0.25) is 5.91 Å². The van der Waals surface area contributed by atoms with Crippen LogP contribution in [0.3, 0.4) is 0 Å². The van der Waals surface area contributed by atoms with E-state index in [0.717, 1.165) is 34.5 Å². The first-order chi connectivity index (χ1) is 8.70. The van der Waals surface area contributed by atoms with Gasteiger partial charge >= 0.3 is 0 Å². The zero-order valence-electron chi connectivity index (χ0n) is 10.0. The topological polar surface area (TPSA) is 40.5 Å². The van der Waals surface area contributed by atoms with Gasteiger partial charge in [0.15, 0.2) is 0 Å². The first-order valence-corrected chi connectivity index (χ1v) is 7.66. The maximum absolute atomic E-state index is 12.1. The monoisotopic (exact) mass is 329 g/mol. The summed E-state index contributed by atoms with van der Waals surface area (Å²) in [4.78, 5) is 14.9. The summed E-state index contributed by atoms with van der Waals surface area (Å²) >= 11 is 4.99. The number of likely N-dealkylation sites (tertiary alicyclic amines) is 1. The van der Waals surface area contributed by atoms with Gasteiger partial charge in [-0.3, -0.25) is 4.79 Å². The number of aliphatic hydroxyl groups excluding tert-OH is 1. The van der Waals surface area contributed by atoms with Gasteiger partial charge in [0, 0.05) is 17.5 Å². The van der Waals surface area contributed by atoms with Crippen LogP contribution in [0.15, 0.2) is 22.0 Å². The van der Waals surface area contributed by atoms with E-state index in [9.17, 15) is 9.90 Å². The Labute approximate surface area is 119 Å². The molecule has 1 aliphatic heterocycles. The molecule has 1 saturated heterocycles. The van der Waals surface area contributed by atoms with Crippen LogP contribution < -0.4 is 0 Å². The van der Waals surface area contributed by atoms with Gasteiger partial charge in [-0.05, 0) is 53.4 Å². The quantitative estimate of drug-likeness (QED) is 0.866. The molecule has 2 heterocycles. The van der Waals surface area contributed by atoms with Gasteiger partial charge in [0.1, 0.15) is 0 Å². The lowest BCUT2D eigenvalue weighted by Gasteiger charge is -2.33. The van der Waals surface area contributed by atoms with Crippen LogP contribution in [0.25, 0.3) is 6.08 Å². The Morgan fingerprint density at radius 2 is 2.39 bits per heavy atom. The summed E-state index contributed by atoms with van der Waals surface area (Å²) in [5.74, 6) is -0.00160. The van der Waals surface area contributed by atoms with E-state index < -0.39 is 0 Å². The Kier molecular flexibility index (Phi) is 4.97. The number of amides is 1. The fourth-order valence-corrected chi connectivity index (χ4v) is 3.47. The van der Waals surface area contributed by atoms with E-state index in [-0.39, 0.29) is 18.6 Å². The number of aliphatic hydroxyl groups is 1. The number of rotatable bonds is 3. The molecule has 0 bridgehead atoms. The van der Waals surface area contributed by atoms with Gasteiger partial charge in [-0.25, -0.2) is 0 Å². The van der Waals surface area contributed by atoms with E-state index >= 15 is 0 Å². The molecule has 0 aliphatic carbocycles. The van der Waals surface area contributed by atoms with Gasteiger partial charge in [-0.2, -0.15) is 0 Å². The highest BCUT2D eigenvalue weighted by atomic mass is 79.9. The second kappa shape index (κ2) is 6.50. The van der Waals surface area contributed by atoms with Gasteiger partial charge < -0.3 is 10.0 Å². The fraction of sp³-hybridized carbons (Fsp3) is 0.462. The summed E-state index contributed by atoms with van der Waals surface area (Å²) in [5, 5.41) is 9.28. The molecule has 2 rings (SSSR count). The number of thiophene rings is 1. The lowest BCUT2D eigenvalue weighted by Crippen LogP contribution is -2.44. The summed E-state index contributed by atoms with van der Waals surface area (Å²) in [6.45, 7) is 0.812. The molecule has 1 aliphatic rings. The average molecular weight is 330 g/mol. The molecule has 1 unspecified atom stereocenters. The molecule has 1 aromatic heterocycles. The SMILES string of the molecule is O=C(/C=C/c1ccc(Br)s1)N1CCCCC1CO. The van der Waals surface area contributed by atoms with Crippen molar-refractivity contribution in [3.8, 4) is 0 Å². The van der Waals surface area contributed by atoms with Crippen molar-refractivity contribution in [2.45, 2.75) is 25.3 Å². The van der Waals surface area contributed by atoms with Crippen molar-refractivity contribution >= 4 is 39.2 Å². The normalized spacial score (nSPS) is 20.6. The molecule has 18 heavy (non-hydrogen) atoms. The number of piperidine rings is 1. The van der Waals surface area contributed by atoms with Crippen LogP contribution in [-0.4, -0.2) is 35.1 Å². The highest BCUT2D eigenvalue weighted by molar-refractivity contribution is 9.11. The van der Waals surface area contributed by atoms with Crippen molar-refractivity contribution in [2.24, 2.45) is 0 Å². The van der Waals surface area contributed by atoms with Gasteiger partial charge in [-0.1, -0.05) is 0 Å². The number of carbonyl (C=O) groups is 1. The van der Waals surface area contributed by atoms with Crippen molar-refractivity contribution in [1.29, 1.82) is 0 Å². The zero-order valence-corrected chi connectivity index (χ0v) is 12.4. The zero-order chi connectivity index (χ0) is 13.0. The van der Waals surface area contributed by atoms with Crippen molar-refractivity contribution in [3.05, 3.63) is 26.9 Å². The lowest BCUT2D eigenvalue weighted by molar-refractivity contribution is -0.130. The minimum atomic E-state index is -0.00836. The van der Waals surface area contributed by atoms with Gasteiger partial charge in [0.05, 0.1) is 16.4 Å². The van der Waals surface area contributed by atoms with Crippen LogP contribution in [0.5, 0.6) is 0 Å². The van der Waals surface area contributed by atoms with Crippen molar-refractivity contribution in [3.63, 3.8) is 0 Å². The molecule has 1 aromatic rings. The number of hydrogen-bond acceptors (Lipinski definition) is 3. The molecular weight excluding hydrogens is 314 g/mol. The highest BCUT2D eigenvalue weighted by Gasteiger charge is 2.24. The third-order valence-electron chi connectivity index (χ3n) is 3.11.